The monoisotopic (exact) mass is 297 g/mol. The van der Waals surface area contributed by atoms with Gasteiger partial charge in [-0.2, -0.15) is 0 Å². The van der Waals surface area contributed by atoms with Crippen LogP contribution < -0.4 is 0 Å². The lowest BCUT2D eigenvalue weighted by molar-refractivity contribution is -0.136. The molecule has 0 saturated carbocycles. The van der Waals surface area contributed by atoms with Crippen molar-refractivity contribution in [2.24, 2.45) is 0 Å². The summed E-state index contributed by atoms with van der Waals surface area (Å²) in [5.74, 6) is -0.131. The minimum Gasteiger partial charge on any atom is -0.481 e. The second-order valence-corrected chi connectivity index (χ2v) is 5.52. The van der Waals surface area contributed by atoms with Crippen molar-refractivity contribution in [3.63, 3.8) is 0 Å². The van der Waals surface area contributed by atoms with Crippen LogP contribution in [0.15, 0.2) is 22.7 Å². The molecule has 0 amide bonds. The molecule has 0 unspecified atom stereocenters. The number of likely N-dealkylation sites (N-methyl/N-ethyl adjacent to an activating group) is 1. The third-order valence-corrected chi connectivity index (χ3v) is 3.88. The van der Waals surface area contributed by atoms with Crippen LogP contribution in [0.5, 0.6) is 0 Å². The van der Waals surface area contributed by atoms with E-state index in [-0.39, 0.29) is 6.42 Å². The molecule has 17 heavy (non-hydrogen) atoms. The van der Waals surface area contributed by atoms with E-state index >= 15 is 0 Å². The van der Waals surface area contributed by atoms with Gasteiger partial charge in [0, 0.05) is 29.9 Å². The average molecular weight is 298 g/mol. The fraction of sp³-hybridized carbons (Fsp3) is 0.462. The second-order valence-electron chi connectivity index (χ2n) is 4.67. The molecule has 0 atom stereocenters. The highest BCUT2D eigenvalue weighted by Crippen LogP contribution is 2.32. The average Bonchev–Trinajstić information content (AvgIpc) is 2.23. The number of benzene rings is 1. The number of halogens is 1. The Morgan fingerprint density at radius 1 is 1.53 bits per heavy atom. The summed E-state index contributed by atoms with van der Waals surface area (Å²) < 4.78 is 1.11. The Bertz CT molecular complexity index is 427. The SMILES string of the molecule is CN1CC(c2ccc(CCC(=O)O)cc2Br)C1. The number of hydrogen-bond donors (Lipinski definition) is 1. The predicted octanol–water partition coefficient (Wildman–Crippen LogP) is 2.50. The van der Waals surface area contributed by atoms with Gasteiger partial charge in [-0.15, -0.1) is 0 Å². The van der Waals surface area contributed by atoms with Crippen LogP contribution in [0.25, 0.3) is 0 Å². The molecule has 4 heteroatoms. The first-order chi connectivity index (χ1) is 8.06. The number of aryl methyl sites for hydroxylation is 1. The van der Waals surface area contributed by atoms with Crippen LogP contribution in [-0.2, 0) is 11.2 Å². The summed E-state index contributed by atoms with van der Waals surface area (Å²) in [7, 11) is 2.12. The van der Waals surface area contributed by atoms with Crippen molar-refractivity contribution in [2.75, 3.05) is 20.1 Å². The van der Waals surface area contributed by atoms with Crippen molar-refractivity contribution in [1.82, 2.24) is 4.90 Å². The lowest BCUT2D eigenvalue weighted by Crippen LogP contribution is -2.41. The smallest absolute Gasteiger partial charge is 0.303 e. The van der Waals surface area contributed by atoms with Gasteiger partial charge in [0.25, 0.3) is 0 Å². The van der Waals surface area contributed by atoms with Crippen LogP contribution in [0, 0.1) is 0 Å². The standard InChI is InChI=1S/C13H16BrNO2/c1-15-7-10(8-15)11-4-2-9(6-12(11)14)3-5-13(16)17/h2,4,6,10H,3,5,7-8H2,1H3,(H,16,17). The molecule has 0 radical (unpaired) electrons. The van der Waals surface area contributed by atoms with E-state index in [0.717, 1.165) is 23.1 Å². The summed E-state index contributed by atoms with van der Waals surface area (Å²) in [6.07, 6.45) is 0.788. The number of aliphatic carboxylic acids is 1. The van der Waals surface area contributed by atoms with Gasteiger partial charge in [-0.3, -0.25) is 4.79 Å². The summed E-state index contributed by atoms with van der Waals surface area (Å²) in [6.45, 7) is 2.21. The molecule has 1 heterocycles. The normalized spacial score (nSPS) is 16.8. The van der Waals surface area contributed by atoms with Crippen molar-refractivity contribution < 1.29 is 9.90 Å². The van der Waals surface area contributed by atoms with Crippen LogP contribution >= 0.6 is 15.9 Å². The molecule has 3 nitrogen and oxygen atoms in total. The van der Waals surface area contributed by atoms with E-state index in [1.165, 1.54) is 5.56 Å². The molecule has 92 valence electrons. The fourth-order valence-corrected chi connectivity index (χ4v) is 2.95. The van der Waals surface area contributed by atoms with E-state index < -0.39 is 5.97 Å². The number of nitrogens with zero attached hydrogens (tertiary/aromatic N) is 1. The minimum atomic E-state index is -0.745. The van der Waals surface area contributed by atoms with Gasteiger partial charge in [-0.05, 0) is 30.7 Å². The Balaban J connectivity index is 2.04. The number of carbonyl (C=O) groups is 1. The van der Waals surface area contributed by atoms with Gasteiger partial charge in [0.05, 0.1) is 0 Å². The summed E-state index contributed by atoms with van der Waals surface area (Å²) in [4.78, 5) is 12.8. The number of likely N-dealkylation sites (tertiary alicyclic amines) is 1. The molecule has 1 N–H and O–H groups in total. The number of carboxylic acids is 1. The molecule has 2 rings (SSSR count). The van der Waals surface area contributed by atoms with Gasteiger partial charge in [0.2, 0.25) is 0 Å². The fourth-order valence-electron chi connectivity index (χ4n) is 2.20. The third kappa shape index (κ3) is 3.07. The highest BCUT2D eigenvalue weighted by atomic mass is 79.9. The van der Waals surface area contributed by atoms with Gasteiger partial charge >= 0.3 is 5.97 Å². The first-order valence-corrected chi connectivity index (χ1v) is 6.54. The van der Waals surface area contributed by atoms with Crippen LogP contribution in [-0.4, -0.2) is 36.1 Å². The number of rotatable bonds is 4. The molecule has 1 aromatic rings. The maximum Gasteiger partial charge on any atom is 0.303 e. The number of hydrogen-bond acceptors (Lipinski definition) is 2. The van der Waals surface area contributed by atoms with Crippen molar-refractivity contribution in [3.05, 3.63) is 33.8 Å². The van der Waals surface area contributed by atoms with Crippen molar-refractivity contribution in [2.45, 2.75) is 18.8 Å². The maximum absolute atomic E-state index is 10.5. The summed E-state index contributed by atoms with van der Waals surface area (Å²) >= 11 is 3.58. The zero-order valence-corrected chi connectivity index (χ0v) is 11.4. The zero-order chi connectivity index (χ0) is 12.4. The molecule has 0 aliphatic carbocycles. The first kappa shape index (κ1) is 12.6. The van der Waals surface area contributed by atoms with E-state index in [1.807, 2.05) is 6.07 Å². The molecule has 1 fully saturated rings. The highest BCUT2D eigenvalue weighted by molar-refractivity contribution is 9.10. The topological polar surface area (TPSA) is 40.5 Å². The van der Waals surface area contributed by atoms with E-state index in [0.29, 0.717) is 12.3 Å². The van der Waals surface area contributed by atoms with E-state index in [4.69, 9.17) is 5.11 Å². The second kappa shape index (κ2) is 5.19. The summed E-state index contributed by atoms with van der Waals surface area (Å²) in [5.41, 5.74) is 2.41. The maximum atomic E-state index is 10.5. The van der Waals surface area contributed by atoms with E-state index in [2.05, 4.69) is 40.0 Å². The highest BCUT2D eigenvalue weighted by Gasteiger charge is 2.26. The van der Waals surface area contributed by atoms with Crippen molar-refractivity contribution in [3.8, 4) is 0 Å². The van der Waals surface area contributed by atoms with Gasteiger partial charge in [-0.25, -0.2) is 0 Å². The molecule has 0 aromatic heterocycles. The third-order valence-electron chi connectivity index (χ3n) is 3.20. The summed E-state index contributed by atoms with van der Waals surface area (Å²) in [6, 6.07) is 6.22. The predicted molar refractivity (Wildman–Crippen MR) is 70.3 cm³/mol. The largest absolute Gasteiger partial charge is 0.481 e. The lowest BCUT2D eigenvalue weighted by Gasteiger charge is -2.37. The van der Waals surface area contributed by atoms with Gasteiger partial charge in [0.1, 0.15) is 0 Å². The Labute approximate surface area is 110 Å². The van der Waals surface area contributed by atoms with Gasteiger partial charge in [0.15, 0.2) is 0 Å². The van der Waals surface area contributed by atoms with E-state index in [1.54, 1.807) is 0 Å². The Morgan fingerprint density at radius 3 is 2.76 bits per heavy atom. The molecule has 1 aromatic carbocycles. The van der Waals surface area contributed by atoms with Crippen LogP contribution in [0.1, 0.15) is 23.5 Å². The molecule has 0 bridgehead atoms. The Kier molecular flexibility index (Phi) is 3.84. The summed E-state index contributed by atoms with van der Waals surface area (Å²) in [5, 5.41) is 8.65. The quantitative estimate of drug-likeness (QED) is 0.928. The Hall–Kier alpha value is -0.870. The lowest BCUT2D eigenvalue weighted by atomic mass is 9.91. The molecular weight excluding hydrogens is 282 g/mol. The van der Waals surface area contributed by atoms with Crippen molar-refractivity contribution >= 4 is 21.9 Å². The molecule has 1 aliphatic rings. The first-order valence-electron chi connectivity index (χ1n) is 5.75. The Morgan fingerprint density at radius 2 is 2.24 bits per heavy atom. The molecule has 1 aliphatic heterocycles. The van der Waals surface area contributed by atoms with Crippen LogP contribution in [0.4, 0.5) is 0 Å². The van der Waals surface area contributed by atoms with Crippen LogP contribution in [0.2, 0.25) is 0 Å². The number of carboxylic acid groups (broad SMARTS) is 1. The van der Waals surface area contributed by atoms with Crippen LogP contribution in [0.3, 0.4) is 0 Å². The molecule has 0 spiro atoms. The molecular formula is C13H16BrNO2. The van der Waals surface area contributed by atoms with Crippen molar-refractivity contribution in [1.29, 1.82) is 0 Å². The van der Waals surface area contributed by atoms with Gasteiger partial charge < -0.3 is 10.0 Å². The zero-order valence-electron chi connectivity index (χ0n) is 9.82. The minimum absolute atomic E-state index is 0.192. The van der Waals surface area contributed by atoms with E-state index in [9.17, 15) is 4.79 Å². The molecule has 1 saturated heterocycles. The van der Waals surface area contributed by atoms with Gasteiger partial charge in [-0.1, -0.05) is 28.1 Å².